The largest absolute Gasteiger partial charge is 0.497 e. The number of methoxy groups -OCH3 is 1. The lowest BCUT2D eigenvalue weighted by atomic mass is 9.83. The number of hydrogen-bond donors (Lipinski definition) is 1. The van der Waals surface area contributed by atoms with E-state index in [4.69, 9.17) is 24.4 Å². The van der Waals surface area contributed by atoms with Crippen molar-refractivity contribution in [3.63, 3.8) is 0 Å². The number of nitrogens with two attached hydrogens (primary N) is 1. The van der Waals surface area contributed by atoms with Gasteiger partial charge in [-0.25, -0.2) is 4.79 Å². The molecule has 1 unspecified atom stereocenters. The van der Waals surface area contributed by atoms with E-state index in [1.165, 1.54) is 0 Å². The van der Waals surface area contributed by atoms with E-state index in [9.17, 15) is 10.1 Å². The van der Waals surface area contributed by atoms with Gasteiger partial charge < -0.3 is 24.4 Å². The number of nitrogens with zero attached hydrogens (tertiary/aromatic N) is 1. The van der Waals surface area contributed by atoms with Gasteiger partial charge in [0.15, 0.2) is 0 Å². The molecular formula is C27H19BrN2O5. The lowest BCUT2D eigenvalue weighted by molar-refractivity contribution is 0.0702. The zero-order chi connectivity index (χ0) is 24.7. The topological polar surface area (TPSA) is 108 Å². The van der Waals surface area contributed by atoms with Crippen molar-refractivity contribution in [3.8, 4) is 23.3 Å². The van der Waals surface area contributed by atoms with Crippen molar-refractivity contribution in [1.82, 2.24) is 0 Å². The van der Waals surface area contributed by atoms with Gasteiger partial charge in [-0.2, -0.15) is 5.26 Å². The molecule has 8 heteroatoms. The minimum Gasteiger partial charge on any atom is -0.497 e. The SMILES string of the molecule is COc1ccc(C2C(C#N)=C(N)Oc3cc(OC(=O)c4oc5ccc(Br)cc5c4C)ccc32)cc1. The Morgan fingerprint density at radius 1 is 1.09 bits per heavy atom. The zero-order valence-electron chi connectivity index (χ0n) is 18.8. The Labute approximate surface area is 209 Å². The standard InChI is InChI=1S/C27H19BrN2O5/c1-14-20-11-16(28)5-10-22(20)34-25(14)27(31)33-18-8-9-19-23(12-18)35-26(30)21(13-29)24(19)15-3-6-17(32-2)7-4-15/h3-12,24H,30H2,1-2H3. The lowest BCUT2D eigenvalue weighted by Gasteiger charge is -2.26. The number of hydrogen-bond acceptors (Lipinski definition) is 7. The molecule has 3 aromatic carbocycles. The van der Waals surface area contributed by atoms with E-state index in [-0.39, 0.29) is 17.4 Å². The smallest absolute Gasteiger partial charge is 0.379 e. The summed E-state index contributed by atoms with van der Waals surface area (Å²) in [6.07, 6.45) is 0. The molecule has 0 radical (unpaired) electrons. The molecule has 0 spiro atoms. The maximum absolute atomic E-state index is 12.9. The summed E-state index contributed by atoms with van der Waals surface area (Å²) >= 11 is 3.43. The third kappa shape index (κ3) is 4.00. The maximum atomic E-state index is 12.9. The highest BCUT2D eigenvalue weighted by Gasteiger charge is 2.31. The molecule has 1 atom stereocenters. The Kier molecular flexibility index (Phi) is 5.71. The second kappa shape index (κ2) is 8.85. The van der Waals surface area contributed by atoms with Crippen molar-refractivity contribution in [2.24, 2.45) is 5.73 Å². The van der Waals surface area contributed by atoms with Crippen LogP contribution >= 0.6 is 15.9 Å². The predicted molar refractivity (Wildman–Crippen MR) is 132 cm³/mol. The molecule has 0 amide bonds. The summed E-state index contributed by atoms with van der Waals surface area (Å²) in [5.41, 5.74) is 9.25. The van der Waals surface area contributed by atoms with Crippen LogP contribution in [0.4, 0.5) is 0 Å². The van der Waals surface area contributed by atoms with Gasteiger partial charge in [0.05, 0.1) is 13.0 Å². The van der Waals surface area contributed by atoms with E-state index < -0.39 is 11.9 Å². The molecule has 0 saturated heterocycles. The molecule has 0 saturated carbocycles. The van der Waals surface area contributed by atoms with Crippen molar-refractivity contribution in [3.05, 3.63) is 99.0 Å². The first-order chi connectivity index (χ1) is 16.9. The molecule has 1 aliphatic rings. The lowest BCUT2D eigenvalue weighted by Crippen LogP contribution is -2.21. The summed E-state index contributed by atoms with van der Waals surface area (Å²) in [7, 11) is 1.59. The van der Waals surface area contributed by atoms with Gasteiger partial charge in [-0.3, -0.25) is 0 Å². The van der Waals surface area contributed by atoms with Gasteiger partial charge in [-0.15, -0.1) is 0 Å². The van der Waals surface area contributed by atoms with Crippen LogP contribution in [0.25, 0.3) is 11.0 Å². The van der Waals surface area contributed by atoms with Gasteiger partial charge in [0, 0.05) is 27.1 Å². The second-order valence-corrected chi connectivity index (χ2v) is 8.90. The molecule has 0 aliphatic carbocycles. The average molecular weight is 531 g/mol. The Morgan fingerprint density at radius 3 is 2.54 bits per heavy atom. The van der Waals surface area contributed by atoms with E-state index in [1.807, 2.05) is 36.4 Å². The summed E-state index contributed by atoms with van der Waals surface area (Å²) < 4.78 is 23.2. The Balaban J connectivity index is 1.48. The minimum atomic E-state index is -0.626. The summed E-state index contributed by atoms with van der Waals surface area (Å²) in [5, 5.41) is 10.6. The number of carbonyl (C=O) groups excluding carboxylic acids is 1. The monoisotopic (exact) mass is 530 g/mol. The van der Waals surface area contributed by atoms with Gasteiger partial charge in [0.25, 0.3) is 0 Å². The number of halogens is 1. The highest BCUT2D eigenvalue weighted by molar-refractivity contribution is 9.10. The first-order valence-corrected chi connectivity index (χ1v) is 11.4. The Morgan fingerprint density at radius 2 is 1.83 bits per heavy atom. The van der Waals surface area contributed by atoms with Gasteiger partial charge in [-0.1, -0.05) is 34.1 Å². The first-order valence-electron chi connectivity index (χ1n) is 10.7. The van der Waals surface area contributed by atoms with Gasteiger partial charge >= 0.3 is 5.97 Å². The molecule has 174 valence electrons. The van der Waals surface area contributed by atoms with Crippen molar-refractivity contribution < 1.29 is 23.4 Å². The predicted octanol–water partition coefficient (Wildman–Crippen LogP) is 5.95. The van der Waals surface area contributed by atoms with Gasteiger partial charge in [0.2, 0.25) is 11.6 Å². The van der Waals surface area contributed by atoms with E-state index in [0.29, 0.717) is 28.2 Å². The number of aryl methyl sites for hydroxylation is 1. The van der Waals surface area contributed by atoms with Gasteiger partial charge in [-0.05, 0) is 48.9 Å². The number of allylic oxidation sites excluding steroid dienone is 1. The van der Waals surface area contributed by atoms with Crippen LogP contribution in [0.5, 0.6) is 17.2 Å². The number of carbonyl (C=O) groups is 1. The molecule has 35 heavy (non-hydrogen) atoms. The summed E-state index contributed by atoms with van der Waals surface area (Å²) in [4.78, 5) is 12.9. The third-order valence-corrected chi connectivity index (χ3v) is 6.43. The molecule has 0 bridgehead atoms. The first kappa shape index (κ1) is 22.6. The Bertz CT molecular complexity index is 1550. The number of ether oxygens (including phenoxy) is 3. The summed E-state index contributed by atoms with van der Waals surface area (Å²) in [5.74, 6) is 0.428. The number of fused-ring (bicyclic) bond motifs is 2. The van der Waals surface area contributed by atoms with Crippen LogP contribution in [-0.2, 0) is 0 Å². The number of furan rings is 1. The van der Waals surface area contributed by atoms with Crippen LogP contribution in [0.2, 0.25) is 0 Å². The number of rotatable bonds is 4. The van der Waals surface area contributed by atoms with Crippen molar-refractivity contribution >= 4 is 32.9 Å². The van der Waals surface area contributed by atoms with Crippen molar-refractivity contribution in [2.45, 2.75) is 12.8 Å². The van der Waals surface area contributed by atoms with Crippen LogP contribution in [0.1, 0.15) is 33.2 Å². The van der Waals surface area contributed by atoms with E-state index in [0.717, 1.165) is 21.0 Å². The quantitative estimate of drug-likeness (QED) is 0.256. The van der Waals surface area contributed by atoms with Crippen LogP contribution in [-0.4, -0.2) is 13.1 Å². The van der Waals surface area contributed by atoms with Crippen LogP contribution in [0, 0.1) is 18.3 Å². The minimum absolute atomic E-state index is 0.00278. The van der Waals surface area contributed by atoms with Crippen LogP contribution < -0.4 is 19.9 Å². The molecule has 1 aliphatic heterocycles. The average Bonchev–Trinajstić information content (AvgIpc) is 3.19. The fourth-order valence-corrected chi connectivity index (χ4v) is 4.54. The molecule has 7 nitrogen and oxygen atoms in total. The van der Waals surface area contributed by atoms with Crippen molar-refractivity contribution in [1.29, 1.82) is 5.26 Å². The molecule has 2 heterocycles. The highest BCUT2D eigenvalue weighted by atomic mass is 79.9. The van der Waals surface area contributed by atoms with Crippen LogP contribution in [0.15, 0.2) is 81.0 Å². The third-order valence-electron chi connectivity index (χ3n) is 5.93. The molecular weight excluding hydrogens is 512 g/mol. The van der Waals surface area contributed by atoms with Crippen molar-refractivity contribution in [2.75, 3.05) is 7.11 Å². The van der Waals surface area contributed by atoms with Gasteiger partial charge in [0.1, 0.15) is 34.5 Å². The fourth-order valence-electron chi connectivity index (χ4n) is 4.18. The summed E-state index contributed by atoms with van der Waals surface area (Å²) in [6.45, 7) is 1.80. The summed E-state index contributed by atoms with van der Waals surface area (Å²) in [6, 6.07) is 20.1. The van der Waals surface area contributed by atoms with E-state index in [2.05, 4.69) is 22.0 Å². The molecule has 1 aromatic heterocycles. The molecule has 4 aromatic rings. The van der Waals surface area contributed by atoms with Crippen LogP contribution in [0.3, 0.4) is 0 Å². The molecule has 5 rings (SSSR count). The normalized spacial score (nSPS) is 14.7. The van der Waals surface area contributed by atoms with E-state index >= 15 is 0 Å². The fraction of sp³-hybridized carbons (Fsp3) is 0.111. The molecule has 2 N–H and O–H groups in total. The highest BCUT2D eigenvalue weighted by Crippen LogP contribution is 2.43. The number of esters is 1. The number of nitriles is 1. The number of benzene rings is 3. The maximum Gasteiger partial charge on any atom is 0.379 e. The van der Waals surface area contributed by atoms with E-state index in [1.54, 1.807) is 38.3 Å². The zero-order valence-corrected chi connectivity index (χ0v) is 20.4. The molecule has 0 fully saturated rings. The second-order valence-electron chi connectivity index (χ2n) is 7.98. The Hall–Kier alpha value is -4.22.